The van der Waals surface area contributed by atoms with Gasteiger partial charge < -0.3 is 19.9 Å². The molecule has 2 aromatic rings. The van der Waals surface area contributed by atoms with E-state index in [1.165, 1.54) is 11.1 Å². The molecule has 0 atom stereocenters. The van der Waals surface area contributed by atoms with Crippen molar-refractivity contribution < 1.29 is 24.2 Å². The van der Waals surface area contributed by atoms with E-state index < -0.39 is 17.5 Å². The van der Waals surface area contributed by atoms with Crippen molar-refractivity contribution in [3.8, 4) is 11.1 Å². The van der Waals surface area contributed by atoms with Crippen molar-refractivity contribution in [3.05, 3.63) is 59.7 Å². The Bertz CT molecular complexity index is 957. The predicted octanol–water partition coefficient (Wildman–Crippen LogP) is 4.19. The van der Waals surface area contributed by atoms with Crippen molar-refractivity contribution >= 4 is 12.1 Å². The lowest BCUT2D eigenvalue weighted by molar-refractivity contribution is -0.173. The fraction of sp³-hybridized carbons (Fsp3) is 0.440. The summed E-state index contributed by atoms with van der Waals surface area (Å²) < 4.78 is 11.0. The van der Waals surface area contributed by atoms with Gasteiger partial charge in [-0.05, 0) is 53.4 Å². The lowest BCUT2D eigenvalue weighted by atomic mass is 9.50. The number of carbonyl (C=O) groups is 2. The Morgan fingerprint density at radius 3 is 2.16 bits per heavy atom. The molecule has 1 aliphatic heterocycles. The van der Waals surface area contributed by atoms with Crippen molar-refractivity contribution in [2.24, 2.45) is 10.8 Å². The van der Waals surface area contributed by atoms with E-state index in [0.29, 0.717) is 26.1 Å². The maximum absolute atomic E-state index is 12.5. The van der Waals surface area contributed by atoms with Gasteiger partial charge in [0.05, 0.1) is 5.41 Å². The average molecular weight is 421 g/mol. The summed E-state index contributed by atoms with van der Waals surface area (Å²) in [5, 5.41) is 12.5. The van der Waals surface area contributed by atoms with Gasteiger partial charge in [0.2, 0.25) is 0 Å². The average Bonchev–Trinajstić information content (AvgIpc) is 3.09. The summed E-state index contributed by atoms with van der Waals surface area (Å²) in [6.07, 6.45) is 2.40. The zero-order valence-electron chi connectivity index (χ0n) is 17.4. The minimum atomic E-state index is -0.900. The van der Waals surface area contributed by atoms with Crippen LogP contribution in [0, 0.1) is 10.8 Å². The third kappa shape index (κ3) is 3.49. The number of hydrogen-bond acceptors (Lipinski definition) is 4. The highest BCUT2D eigenvalue weighted by Gasteiger charge is 2.59. The number of hydrogen-bond donors (Lipinski definition) is 2. The van der Waals surface area contributed by atoms with Crippen molar-refractivity contribution in [2.75, 3.05) is 26.4 Å². The highest BCUT2D eigenvalue weighted by atomic mass is 16.5. The summed E-state index contributed by atoms with van der Waals surface area (Å²) in [4.78, 5) is 24.4. The number of alkyl carbamates (subject to hydrolysis) is 1. The Morgan fingerprint density at radius 1 is 1.00 bits per heavy atom. The van der Waals surface area contributed by atoms with Gasteiger partial charge in [0.15, 0.2) is 0 Å². The molecule has 5 rings (SSSR count). The smallest absolute Gasteiger partial charge is 0.407 e. The van der Waals surface area contributed by atoms with Crippen molar-refractivity contribution in [1.29, 1.82) is 0 Å². The molecule has 0 aromatic heterocycles. The summed E-state index contributed by atoms with van der Waals surface area (Å²) in [6.45, 7) is 1.70. The highest BCUT2D eigenvalue weighted by molar-refractivity contribution is 5.79. The number of amides is 1. The molecule has 1 amide bonds. The molecule has 2 fully saturated rings. The maximum atomic E-state index is 12.5. The second-order valence-corrected chi connectivity index (χ2v) is 9.23. The van der Waals surface area contributed by atoms with Crippen LogP contribution in [0.25, 0.3) is 11.1 Å². The lowest BCUT2D eigenvalue weighted by Crippen LogP contribution is -2.58. The second kappa shape index (κ2) is 7.68. The van der Waals surface area contributed by atoms with E-state index in [1.807, 2.05) is 24.3 Å². The van der Waals surface area contributed by atoms with E-state index >= 15 is 0 Å². The topological polar surface area (TPSA) is 84.9 Å². The lowest BCUT2D eigenvalue weighted by Gasteiger charge is -2.55. The van der Waals surface area contributed by atoms with Gasteiger partial charge >= 0.3 is 12.1 Å². The molecule has 6 heteroatoms. The summed E-state index contributed by atoms with van der Waals surface area (Å²) in [5.41, 5.74) is 3.81. The molecule has 6 nitrogen and oxygen atoms in total. The van der Waals surface area contributed by atoms with Crippen LogP contribution in [0.3, 0.4) is 0 Å². The van der Waals surface area contributed by atoms with Gasteiger partial charge in [-0.3, -0.25) is 4.79 Å². The van der Waals surface area contributed by atoms with Gasteiger partial charge in [-0.25, -0.2) is 4.79 Å². The molecule has 0 bridgehead atoms. The first-order valence-electron chi connectivity index (χ1n) is 10.9. The molecule has 162 valence electrons. The third-order valence-corrected chi connectivity index (χ3v) is 7.35. The Labute approximate surface area is 181 Å². The molecule has 0 radical (unpaired) electrons. The molecular formula is C25H27NO5. The van der Waals surface area contributed by atoms with Gasteiger partial charge in [-0.1, -0.05) is 48.5 Å². The molecule has 2 aliphatic carbocycles. The first-order valence-corrected chi connectivity index (χ1v) is 10.9. The Balaban J connectivity index is 1.20. The molecule has 0 unspecified atom stereocenters. The molecule has 2 N–H and O–H groups in total. The second-order valence-electron chi connectivity index (χ2n) is 9.23. The Hall–Kier alpha value is -2.86. The Kier molecular flexibility index (Phi) is 4.97. The van der Waals surface area contributed by atoms with Crippen molar-refractivity contribution in [1.82, 2.24) is 5.32 Å². The van der Waals surface area contributed by atoms with Gasteiger partial charge in [0.25, 0.3) is 0 Å². The molecule has 1 heterocycles. The zero-order valence-corrected chi connectivity index (χ0v) is 17.4. The summed E-state index contributed by atoms with van der Waals surface area (Å²) in [7, 11) is 0. The van der Waals surface area contributed by atoms with Crippen LogP contribution in [0.4, 0.5) is 4.79 Å². The standard InChI is InChI=1S/C25H27NO5/c27-22(28)25(14-24(15-25)9-11-30-12-10-24)16-26-23(29)31-13-21-19-7-3-1-5-17(19)18-6-2-4-8-20(18)21/h1-8,21H,9-16H2,(H,26,29)(H,27,28). The number of carbonyl (C=O) groups excluding carboxylic acids is 1. The van der Waals surface area contributed by atoms with Crippen LogP contribution in [0.2, 0.25) is 0 Å². The van der Waals surface area contributed by atoms with Crippen molar-refractivity contribution in [2.45, 2.75) is 31.6 Å². The van der Waals surface area contributed by atoms with E-state index in [0.717, 1.165) is 24.0 Å². The summed E-state index contributed by atoms with van der Waals surface area (Å²) in [5.74, 6) is -0.857. The number of fused-ring (bicyclic) bond motifs is 3. The largest absolute Gasteiger partial charge is 0.481 e. The molecule has 1 saturated carbocycles. The zero-order chi connectivity index (χ0) is 21.5. The van der Waals surface area contributed by atoms with Crippen LogP contribution in [0.5, 0.6) is 0 Å². The quantitative estimate of drug-likeness (QED) is 0.756. The minimum absolute atomic E-state index is 0.0132. The van der Waals surface area contributed by atoms with Crippen LogP contribution < -0.4 is 5.32 Å². The highest BCUT2D eigenvalue weighted by Crippen LogP contribution is 2.59. The fourth-order valence-electron chi connectivity index (χ4n) is 5.78. The molecule has 2 aromatic carbocycles. The van der Waals surface area contributed by atoms with E-state index in [4.69, 9.17) is 9.47 Å². The maximum Gasteiger partial charge on any atom is 0.407 e. The fourth-order valence-corrected chi connectivity index (χ4v) is 5.78. The van der Waals surface area contributed by atoms with Gasteiger partial charge in [-0.2, -0.15) is 0 Å². The first-order chi connectivity index (χ1) is 15.0. The molecular weight excluding hydrogens is 394 g/mol. The van der Waals surface area contributed by atoms with E-state index in [9.17, 15) is 14.7 Å². The van der Waals surface area contributed by atoms with E-state index in [-0.39, 0.29) is 24.5 Å². The third-order valence-electron chi connectivity index (χ3n) is 7.35. The number of aliphatic carboxylic acids is 1. The first kappa shape index (κ1) is 20.1. The summed E-state index contributed by atoms with van der Waals surface area (Å²) >= 11 is 0. The van der Waals surface area contributed by atoms with Crippen molar-refractivity contribution in [3.63, 3.8) is 0 Å². The van der Waals surface area contributed by atoms with Crippen LogP contribution in [-0.4, -0.2) is 43.5 Å². The molecule has 3 aliphatic rings. The Morgan fingerprint density at radius 2 is 1.58 bits per heavy atom. The van der Waals surface area contributed by atoms with Gasteiger partial charge in [-0.15, -0.1) is 0 Å². The van der Waals surface area contributed by atoms with Crippen LogP contribution in [0.15, 0.2) is 48.5 Å². The molecule has 31 heavy (non-hydrogen) atoms. The van der Waals surface area contributed by atoms with E-state index in [1.54, 1.807) is 0 Å². The van der Waals surface area contributed by atoms with Crippen LogP contribution in [0.1, 0.15) is 42.7 Å². The van der Waals surface area contributed by atoms with Gasteiger partial charge in [0, 0.05) is 25.7 Å². The number of carboxylic acids is 1. The normalized spacial score (nSPS) is 20.4. The number of ether oxygens (including phenoxy) is 2. The van der Waals surface area contributed by atoms with Gasteiger partial charge in [0.1, 0.15) is 6.61 Å². The number of carboxylic acid groups (broad SMARTS) is 1. The molecule has 1 spiro atoms. The minimum Gasteiger partial charge on any atom is -0.481 e. The monoisotopic (exact) mass is 421 g/mol. The summed E-state index contributed by atoms with van der Waals surface area (Å²) in [6, 6.07) is 16.3. The number of rotatable bonds is 5. The van der Waals surface area contributed by atoms with Crippen LogP contribution >= 0.6 is 0 Å². The molecule has 1 saturated heterocycles. The predicted molar refractivity (Wildman–Crippen MR) is 115 cm³/mol. The van der Waals surface area contributed by atoms with E-state index in [2.05, 4.69) is 29.6 Å². The SMILES string of the molecule is O=C(NCC1(C(=O)O)CC2(CCOCC2)C1)OCC1c2ccccc2-c2ccccc21. The number of benzene rings is 2. The number of nitrogens with one attached hydrogen (secondary N) is 1. The van der Waals surface area contributed by atoms with Crippen LogP contribution in [-0.2, 0) is 14.3 Å².